The molecule has 0 aliphatic heterocycles. The molecule has 0 rings (SSSR count). The van der Waals surface area contributed by atoms with Gasteiger partial charge in [-0.25, -0.2) is 4.79 Å². The maximum absolute atomic E-state index is 11.1. The first-order valence-electron chi connectivity index (χ1n) is 6.83. The quantitative estimate of drug-likeness (QED) is 0.339. The predicted molar refractivity (Wildman–Crippen MR) is 71.2 cm³/mol. The fourth-order valence-corrected chi connectivity index (χ4v) is 1.50. The highest BCUT2D eigenvalue weighted by Crippen LogP contribution is 2.07. The zero-order valence-electron chi connectivity index (χ0n) is 11.3. The van der Waals surface area contributed by atoms with Crippen LogP contribution in [0.15, 0.2) is 12.2 Å². The van der Waals surface area contributed by atoms with Gasteiger partial charge in [0.2, 0.25) is 0 Å². The summed E-state index contributed by atoms with van der Waals surface area (Å²) in [6, 6.07) is 0. The number of unbranched alkanes of at least 4 members (excludes halogenated alkanes) is 6. The number of carbonyl (C=O) groups is 1. The monoisotopic (exact) mass is 258 g/mol. The van der Waals surface area contributed by atoms with Gasteiger partial charge >= 0.3 is 5.97 Å². The smallest absolute Gasteiger partial charge is 0.330 e. The van der Waals surface area contributed by atoms with E-state index < -0.39 is 18.7 Å². The Balaban J connectivity index is 3.37. The third kappa shape index (κ3) is 11.6. The number of rotatable bonds is 11. The Kier molecular flexibility index (Phi) is 12.0. The molecule has 0 aromatic heterocycles. The summed E-state index contributed by atoms with van der Waals surface area (Å²) in [7, 11) is 0. The van der Waals surface area contributed by atoms with Gasteiger partial charge in [0.25, 0.3) is 0 Å². The highest BCUT2D eigenvalue weighted by Gasteiger charge is 2.04. The Hall–Kier alpha value is -0.870. The zero-order chi connectivity index (χ0) is 13.6. The lowest BCUT2D eigenvalue weighted by Gasteiger charge is -2.05. The SMILES string of the molecule is CCCCCCCC/C=C/C(=O)OC[C@@H](O)CO. The molecule has 106 valence electrons. The van der Waals surface area contributed by atoms with Crippen molar-refractivity contribution in [3.8, 4) is 0 Å². The van der Waals surface area contributed by atoms with Gasteiger partial charge in [-0.15, -0.1) is 0 Å². The first kappa shape index (κ1) is 17.1. The molecule has 0 aliphatic rings. The average molecular weight is 258 g/mol. The Labute approximate surface area is 110 Å². The minimum Gasteiger partial charge on any atom is -0.460 e. The molecule has 0 heterocycles. The zero-order valence-corrected chi connectivity index (χ0v) is 11.3. The molecule has 18 heavy (non-hydrogen) atoms. The number of aliphatic hydroxyl groups excluding tert-OH is 2. The van der Waals surface area contributed by atoms with E-state index in [0.29, 0.717) is 0 Å². The number of hydrogen-bond acceptors (Lipinski definition) is 4. The standard InChI is InChI=1S/C14H26O4/c1-2-3-4-5-6-7-8-9-10-14(17)18-12-13(16)11-15/h9-10,13,15-16H,2-8,11-12H2,1H3/b10-9+/t13-/m0/s1. The second-order valence-corrected chi connectivity index (χ2v) is 4.43. The van der Waals surface area contributed by atoms with Gasteiger partial charge in [-0.3, -0.25) is 0 Å². The van der Waals surface area contributed by atoms with Gasteiger partial charge in [0.15, 0.2) is 0 Å². The van der Waals surface area contributed by atoms with E-state index in [1.165, 1.54) is 38.2 Å². The van der Waals surface area contributed by atoms with Gasteiger partial charge in [-0.05, 0) is 12.8 Å². The average Bonchev–Trinajstić information content (AvgIpc) is 2.39. The third-order valence-electron chi connectivity index (χ3n) is 2.61. The number of carbonyl (C=O) groups excluding carboxylic acids is 1. The van der Waals surface area contributed by atoms with E-state index in [-0.39, 0.29) is 6.61 Å². The summed E-state index contributed by atoms with van der Waals surface area (Å²) >= 11 is 0. The molecule has 2 N–H and O–H groups in total. The topological polar surface area (TPSA) is 66.8 Å². The summed E-state index contributed by atoms with van der Waals surface area (Å²) in [5, 5.41) is 17.5. The highest BCUT2D eigenvalue weighted by atomic mass is 16.5. The summed E-state index contributed by atoms with van der Waals surface area (Å²) in [6.07, 6.45) is 10.5. The van der Waals surface area contributed by atoms with Crippen molar-refractivity contribution in [3.05, 3.63) is 12.2 Å². The van der Waals surface area contributed by atoms with E-state index in [1.54, 1.807) is 6.08 Å². The second-order valence-electron chi connectivity index (χ2n) is 4.43. The van der Waals surface area contributed by atoms with Crippen LogP contribution in [0.1, 0.15) is 51.9 Å². The second kappa shape index (κ2) is 12.6. The summed E-state index contributed by atoms with van der Waals surface area (Å²) < 4.78 is 4.72. The minimum absolute atomic E-state index is 0.156. The first-order chi connectivity index (χ1) is 8.70. The van der Waals surface area contributed by atoms with E-state index in [0.717, 1.165) is 12.8 Å². The molecule has 0 unspecified atom stereocenters. The van der Waals surface area contributed by atoms with Crippen molar-refractivity contribution < 1.29 is 19.7 Å². The van der Waals surface area contributed by atoms with Crippen LogP contribution in [0.2, 0.25) is 0 Å². The number of hydrogen-bond donors (Lipinski definition) is 2. The van der Waals surface area contributed by atoms with Gasteiger partial charge < -0.3 is 14.9 Å². The normalized spacial score (nSPS) is 12.8. The summed E-state index contributed by atoms with van der Waals surface area (Å²) in [5.41, 5.74) is 0. The van der Waals surface area contributed by atoms with E-state index in [2.05, 4.69) is 6.92 Å². The van der Waals surface area contributed by atoms with Crippen molar-refractivity contribution in [1.82, 2.24) is 0 Å². The molecule has 4 nitrogen and oxygen atoms in total. The van der Waals surface area contributed by atoms with Crippen LogP contribution in [-0.4, -0.2) is 35.5 Å². The van der Waals surface area contributed by atoms with Gasteiger partial charge in [0.05, 0.1) is 6.61 Å². The molecule has 0 amide bonds. The molecule has 1 atom stereocenters. The van der Waals surface area contributed by atoms with Crippen molar-refractivity contribution >= 4 is 5.97 Å². The van der Waals surface area contributed by atoms with Gasteiger partial charge in [0.1, 0.15) is 12.7 Å². The lowest BCUT2D eigenvalue weighted by molar-refractivity contribution is -0.141. The first-order valence-corrected chi connectivity index (χ1v) is 6.83. The predicted octanol–water partition coefficient (Wildman–Crippen LogP) is 2.19. The van der Waals surface area contributed by atoms with Crippen LogP contribution in [0.5, 0.6) is 0 Å². The molecule has 0 aromatic rings. The van der Waals surface area contributed by atoms with Crippen molar-refractivity contribution in [2.24, 2.45) is 0 Å². The minimum atomic E-state index is -0.985. The number of ether oxygens (including phenoxy) is 1. The maximum atomic E-state index is 11.1. The highest BCUT2D eigenvalue weighted by molar-refractivity contribution is 5.81. The van der Waals surface area contributed by atoms with Crippen LogP contribution in [0.3, 0.4) is 0 Å². The molecule has 0 aliphatic carbocycles. The summed E-state index contributed by atoms with van der Waals surface area (Å²) in [6.45, 7) is 1.65. The Morgan fingerprint density at radius 3 is 2.56 bits per heavy atom. The van der Waals surface area contributed by atoms with Crippen molar-refractivity contribution in [2.75, 3.05) is 13.2 Å². The molecule has 0 radical (unpaired) electrons. The third-order valence-corrected chi connectivity index (χ3v) is 2.61. The van der Waals surface area contributed by atoms with Crippen LogP contribution in [0, 0.1) is 0 Å². The van der Waals surface area contributed by atoms with E-state index in [9.17, 15) is 4.79 Å². The van der Waals surface area contributed by atoms with E-state index >= 15 is 0 Å². The lowest BCUT2D eigenvalue weighted by Crippen LogP contribution is -2.21. The molecule has 4 heteroatoms. The molecule has 0 spiro atoms. The van der Waals surface area contributed by atoms with Crippen LogP contribution in [0.25, 0.3) is 0 Å². The molecule has 0 aromatic carbocycles. The Morgan fingerprint density at radius 1 is 1.22 bits per heavy atom. The lowest BCUT2D eigenvalue weighted by atomic mass is 10.1. The molecule has 0 fully saturated rings. The van der Waals surface area contributed by atoms with Crippen molar-refractivity contribution in [3.63, 3.8) is 0 Å². The molecular formula is C14H26O4. The number of allylic oxidation sites excluding steroid dienone is 1. The molecule has 0 saturated heterocycles. The van der Waals surface area contributed by atoms with Crippen molar-refractivity contribution in [2.45, 2.75) is 58.0 Å². The summed E-state index contributed by atoms with van der Waals surface area (Å²) in [5.74, 6) is -0.464. The van der Waals surface area contributed by atoms with E-state index in [1.807, 2.05) is 0 Å². The Morgan fingerprint density at radius 2 is 1.89 bits per heavy atom. The fourth-order valence-electron chi connectivity index (χ4n) is 1.50. The van der Waals surface area contributed by atoms with Crippen LogP contribution in [-0.2, 0) is 9.53 Å². The molecule has 0 bridgehead atoms. The van der Waals surface area contributed by atoms with Crippen LogP contribution < -0.4 is 0 Å². The van der Waals surface area contributed by atoms with Gasteiger partial charge in [0, 0.05) is 6.08 Å². The number of esters is 1. The fraction of sp³-hybridized carbons (Fsp3) is 0.786. The van der Waals surface area contributed by atoms with Crippen LogP contribution >= 0.6 is 0 Å². The van der Waals surface area contributed by atoms with Gasteiger partial charge in [-0.2, -0.15) is 0 Å². The van der Waals surface area contributed by atoms with E-state index in [4.69, 9.17) is 14.9 Å². The number of aliphatic hydroxyl groups is 2. The molecular weight excluding hydrogens is 232 g/mol. The maximum Gasteiger partial charge on any atom is 0.330 e. The van der Waals surface area contributed by atoms with Crippen molar-refractivity contribution in [1.29, 1.82) is 0 Å². The largest absolute Gasteiger partial charge is 0.460 e. The summed E-state index contributed by atoms with van der Waals surface area (Å²) in [4.78, 5) is 11.1. The Bertz CT molecular complexity index is 226. The van der Waals surface area contributed by atoms with Gasteiger partial charge in [-0.1, -0.05) is 45.1 Å². The van der Waals surface area contributed by atoms with Crippen LogP contribution in [0.4, 0.5) is 0 Å². The molecule has 0 saturated carbocycles.